The molecule has 216 valence electrons. The summed E-state index contributed by atoms with van der Waals surface area (Å²) in [5.41, 5.74) is 3.19. The van der Waals surface area contributed by atoms with E-state index in [0.717, 1.165) is 48.7 Å². The standard InChI is InChI=1S/C33H38Cl2N4O2/c1-36(2)32(41)33(25-10-5-3-6-11-25,26-12-7-4-8-13-26)16-17-39-24-28(40)22-27(39)23-37-18-20-38(21-19-37)30-15-9-14-29(34)31(30)35/h3-15,23,28,40H,16-22,24H2,1-2H3/t28-/m1/s1. The van der Waals surface area contributed by atoms with E-state index < -0.39 is 11.5 Å². The fourth-order valence-corrected chi connectivity index (χ4v) is 6.57. The summed E-state index contributed by atoms with van der Waals surface area (Å²) in [6.45, 7) is 4.54. The van der Waals surface area contributed by atoms with Gasteiger partial charge in [-0.15, -0.1) is 0 Å². The van der Waals surface area contributed by atoms with Crippen LogP contribution in [-0.2, 0) is 10.2 Å². The lowest BCUT2D eigenvalue weighted by molar-refractivity contribution is -0.133. The molecule has 1 amide bonds. The highest BCUT2D eigenvalue weighted by Crippen LogP contribution is 2.39. The monoisotopic (exact) mass is 592 g/mol. The van der Waals surface area contributed by atoms with Crippen molar-refractivity contribution >= 4 is 34.8 Å². The lowest BCUT2D eigenvalue weighted by Gasteiger charge is -2.38. The van der Waals surface area contributed by atoms with Gasteiger partial charge in [0.25, 0.3) is 0 Å². The molecule has 2 saturated heterocycles. The zero-order valence-corrected chi connectivity index (χ0v) is 25.2. The molecule has 3 aromatic carbocycles. The van der Waals surface area contributed by atoms with Crippen LogP contribution in [0.3, 0.4) is 0 Å². The Bertz CT molecular complexity index is 1320. The van der Waals surface area contributed by atoms with Crippen molar-refractivity contribution < 1.29 is 9.90 Å². The van der Waals surface area contributed by atoms with E-state index in [-0.39, 0.29) is 5.91 Å². The van der Waals surface area contributed by atoms with E-state index in [1.54, 1.807) is 4.90 Å². The highest BCUT2D eigenvalue weighted by Gasteiger charge is 2.43. The molecule has 0 saturated carbocycles. The zero-order valence-electron chi connectivity index (χ0n) is 23.7. The predicted molar refractivity (Wildman–Crippen MR) is 168 cm³/mol. The van der Waals surface area contributed by atoms with Crippen LogP contribution in [0, 0.1) is 0 Å². The first-order chi connectivity index (χ1) is 19.8. The molecule has 5 rings (SSSR count). The van der Waals surface area contributed by atoms with Crippen molar-refractivity contribution in [3.8, 4) is 0 Å². The summed E-state index contributed by atoms with van der Waals surface area (Å²) in [6, 6.07) is 25.9. The van der Waals surface area contributed by atoms with Crippen molar-refractivity contribution in [3.05, 3.63) is 112 Å². The maximum Gasteiger partial charge on any atom is 0.237 e. The van der Waals surface area contributed by atoms with Crippen molar-refractivity contribution in [1.82, 2.24) is 14.7 Å². The van der Waals surface area contributed by atoms with Gasteiger partial charge < -0.3 is 24.7 Å². The summed E-state index contributed by atoms with van der Waals surface area (Å²) in [5, 5.41) is 11.9. The van der Waals surface area contributed by atoms with Gasteiger partial charge in [-0.1, -0.05) is 89.9 Å². The number of amides is 1. The van der Waals surface area contributed by atoms with Gasteiger partial charge in [0.2, 0.25) is 5.91 Å². The topological polar surface area (TPSA) is 50.3 Å². The number of carbonyl (C=O) groups is 1. The maximum absolute atomic E-state index is 14.0. The number of piperazine rings is 1. The second-order valence-corrected chi connectivity index (χ2v) is 11.9. The molecular weight excluding hydrogens is 555 g/mol. The fourth-order valence-electron chi connectivity index (χ4n) is 6.15. The first-order valence-electron chi connectivity index (χ1n) is 14.2. The van der Waals surface area contributed by atoms with Gasteiger partial charge in [-0.2, -0.15) is 0 Å². The normalized spacial score (nSPS) is 18.7. The number of rotatable bonds is 8. The molecule has 0 radical (unpaired) electrons. The summed E-state index contributed by atoms with van der Waals surface area (Å²) >= 11 is 12.7. The Kier molecular flexibility index (Phi) is 9.12. The molecule has 8 heteroatoms. The number of likely N-dealkylation sites (tertiary alicyclic amines) is 1. The average molecular weight is 594 g/mol. The number of anilines is 1. The van der Waals surface area contributed by atoms with Crippen molar-refractivity contribution in [3.63, 3.8) is 0 Å². The molecule has 2 fully saturated rings. The Morgan fingerprint density at radius 2 is 1.54 bits per heavy atom. The molecule has 2 aliphatic heterocycles. The summed E-state index contributed by atoms with van der Waals surface area (Å²) in [7, 11) is 3.65. The minimum atomic E-state index is -0.841. The van der Waals surface area contributed by atoms with Gasteiger partial charge in [0, 0.05) is 71.7 Å². The van der Waals surface area contributed by atoms with Crippen LogP contribution < -0.4 is 4.90 Å². The second kappa shape index (κ2) is 12.8. The molecule has 0 aliphatic carbocycles. The summed E-state index contributed by atoms with van der Waals surface area (Å²) < 4.78 is 0. The number of hydrogen-bond donors (Lipinski definition) is 1. The van der Waals surface area contributed by atoms with Gasteiger partial charge in [0.15, 0.2) is 0 Å². The molecule has 2 aliphatic rings. The van der Waals surface area contributed by atoms with E-state index in [9.17, 15) is 9.90 Å². The van der Waals surface area contributed by atoms with E-state index in [1.807, 2.05) is 68.7 Å². The second-order valence-electron chi connectivity index (χ2n) is 11.1. The SMILES string of the molecule is CN(C)C(=O)C(CCN1C[C@H](O)CC1=CN1CCN(c2cccc(Cl)c2Cl)CC1)(c1ccccc1)c1ccccc1. The molecule has 0 unspecified atom stereocenters. The van der Waals surface area contributed by atoms with E-state index in [4.69, 9.17) is 23.2 Å². The fraction of sp³-hybridized carbons (Fsp3) is 0.364. The summed E-state index contributed by atoms with van der Waals surface area (Å²) in [5.74, 6) is 0.0518. The van der Waals surface area contributed by atoms with Crippen LogP contribution in [0.4, 0.5) is 5.69 Å². The lowest BCUT2D eigenvalue weighted by atomic mass is 9.70. The van der Waals surface area contributed by atoms with Gasteiger partial charge in [-0.05, 0) is 29.7 Å². The number of aliphatic hydroxyl groups is 1. The number of halogens is 2. The number of benzene rings is 3. The Hall–Kier alpha value is -3.19. The number of hydrogen-bond acceptors (Lipinski definition) is 5. The van der Waals surface area contributed by atoms with Crippen LogP contribution in [0.25, 0.3) is 0 Å². The van der Waals surface area contributed by atoms with Crippen LogP contribution >= 0.6 is 23.2 Å². The predicted octanol–water partition coefficient (Wildman–Crippen LogP) is 5.49. The average Bonchev–Trinajstić information content (AvgIpc) is 3.34. The van der Waals surface area contributed by atoms with Crippen LogP contribution in [0.2, 0.25) is 10.0 Å². The van der Waals surface area contributed by atoms with Crippen LogP contribution in [0.15, 0.2) is 90.8 Å². The van der Waals surface area contributed by atoms with Crippen molar-refractivity contribution in [2.24, 2.45) is 0 Å². The van der Waals surface area contributed by atoms with Gasteiger partial charge in [-0.25, -0.2) is 0 Å². The van der Waals surface area contributed by atoms with Crippen molar-refractivity contribution in [2.75, 3.05) is 58.3 Å². The molecule has 3 aromatic rings. The first kappa shape index (κ1) is 29.3. The van der Waals surface area contributed by atoms with Crippen LogP contribution in [0.5, 0.6) is 0 Å². The largest absolute Gasteiger partial charge is 0.391 e. The van der Waals surface area contributed by atoms with E-state index in [2.05, 4.69) is 45.2 Å². The van der Waals surface area contributed by atoms with Gasteiger partial charge >= 0.3 is 0 Å². The molecule has 1 N–H and O–H groups in total. The smallest absolute Gasteiger partial charge is 0.237 e. The number of aliphatic hydroxyl groups excluding tert-OH is 1. The Labute approximate surface area is 253 Å². The quantitative estimate of drug-likeness (QED) is 0.375. The third-order valence-corrected chi connectivity index (χ3v) is 9.07. The molecule has 0 bridgehead atoms. The summed E-state index contributed by atoms with van der Waals surface area (Å²) in [4.78, 5) is 22.6. The lowest BCUT2D eigenvalue weighted by Crippen LogP contribution is -2.47. The number of nitrogens with zero attached hydrogens (tertiary/aromatic N) is 4. The van der Waals surface area contributed by atoms with E-state index >= 15 is 0 Å². The molecule has 6 nitrogen and oxygen atoms in total. The number of carbonyl (C=O) groups excluding carboxylic acids is 1. The number of likely N-dealkylation sites (N-methyl/N-ethyl adjacent to an activating group) is 1. The molecule has 41 heavy (non-hydrogen) atoms. The van der Waals surface area contributed by atoms with Crippen LogP contribution in [0.1, 0.15) is 24.0 Å². The third kappa shape index (κ3) is 6.20. The number of β-amino-alcohol motifs (C(OH)–C–C–N with tert-alkyl or cyclic N) is 1. The first-order valence-corrected chi connectivity index (χ1v) is 14.9. The maximum atomic E-state index is 14.0. The van der Waals surface area contributed by atoms with Gasteiger partial charge in [0.1, 0.15) is 5.41 Å². The molecule has 1 atom stereocenters. The Morgan fingerprint density at radius 3 is 2.12 bits per heavy atom. The highest BCUT2D eigenvalue weighted by atomic mass is 35.5. The Morgan fingerprint density at radius 1 is 0.927 bits per heavy atom. The third-order valence-electron chi connectivity index (χ3n) is 8.26. The zero-order chi connectivity index (χ0) is 29.0. The van der Waals surface area contributed by atoms with Crippen molar-refractivity contribution in [2.45, 2.75) is 24.4 Å². The minimum Gasteiger partial charge on any atom is -0.391 e. The molecule has 2 heterocycles. The molecular formula is C33H38Cl2N4O2. The van der Waals surface area contributed by atoms with Crippen molar-refractivity contribution in [1.29, 1.82) is 0 Å². The summed E-state index contributed by atoms with van der Waals surface area (Å²) in [6.07, 6.45) is 2.96. The molecule has 0 spiro atoms. The van der Waals surface area contributed by atoms with Crippen LogP contribution in [-0.4, -0.2) is 85.2 Å². The van der Waals surface area contributed by atoms with Gasteiger partial charge in [0.05, 0.1) is 21.8 Å². The Balaban J connectivity index is 1.36. The van der Waals surface area contributed by atoms with E-state index in [0.29, 0.717) is 36.0 Å². The minimum absolute atomic E-state index is 0.0518. The van der Waals surface area contributed by atoms with Gasteiger partial charge in [-0.3, -0.25) is 4.79 Å². The molecule has 0 aromatic heterocycles. The van der Waals surface area contributed by atoms with E-state index in [1.165, 1.54) is 0 Å². The highest BCUT2D eigenvalue weighted by molar-refractivity contribution is 6.43.